The number of thiazole rings is 1. The SMILES string of the molecule is CCOC(=O)Cc1csc(NN=Cc2cc(Br)c(OCC(=O)Nc3ccccc3C)c(OCC)c2)n1. The zero-order chi connectivity index (χ0) is 25.9. The maximum absolute atomic E-state index is 12.4. The van der Waals surface area contributed by atoms with Crippen molar-refractivity contribution >= 4 is 56.2 Å². The van der Waals surface area contributed by atoms with Crippen LogP contribution >= 0.6 is 27.3 Å². The van der Waals surface area contributed by atoms with Gasteiger partial charge in [-0.15, -0.1) is 11.3 Å². The number of anilines is 2. The van der Waals surface area contributed by atoms with Crippen molar-refractivity contribution in [3.63, 3.8) is 0 Å². The van der Waals surface area contributed by atoms with Gasteiger partial charge < -0.3 is 19.5 Å². The van der Waals surface area contributed by atoms with Crippen LogP contribution in [0.25, 0.3) is 0 Å². The number of ether oxygens (including phenoxy) is 3. The Labute approximate surface area is 222 Å². The number of amides is 1. The smallest absolute Gasteiger partial charge is 0.311 e. The molecule has 0 spiro atoms. The van der Waals surface area contributed by atoms with Gasteiger partial charge in [0.25, 0.3) is 5.91 Å². The lowest BCUT2D eigenvalue weighted by Gasteiger charge is -2.15. The summed E-state index contributed by atoms with van der Waals surface area (Å²) in [6.07, 6.45) is 1.72. The highest BCUT2D eigenvalue weighted by Crippen LogP contribution is 2.36. The molecule has 9 nitrogen and oxygen atoms in total. The van der Waals surface area contributed by atoms with Crippen LogP contribution in [0.4, 0.5) is 10.8 Å². The first-order chi connectivity index (χ1) is 17.4. The molecular weight excluding hydrogens is 548 g/mol. The van der Waals surface area contributed by atoms with Crippen LogP contribution < -0.4 is 20.2 Å². The molecule has 2 aromatic carbocycles. The predicted octanol–water partition coefficient (Wildman–Crippen LogP) is 5.18. The molecule has 11 heteroatoms. The molecule has 36 heavy (non-hydrogen) atoms. The second-order valence-electron chi connectivity index (χ2n) is 7.41. The number of esters is 1. The monoisotopic (exact) mass is 574 g/mol. The van der Waals surface area contributed by atoms with E-state index in [-0.39, 0.29) is 24.9 Å². The van der Waals surface area contributed by atoms with Crippen LogP contribution in [0, 0.1) is 6.92 Å². The average molecular weight is 575 g/mol. The minimum absolute atomic E-state index is 0.116. The second-order valence-corrected chi connectivity index (χ2v) is 9.12. The lowest BCUT2D eigenvalue weighted by atomic mass is 10.2. The number of nitrogens with one attached hydrogen (secondary N) is 2. The number of aromatic nitrogens is 1. The number of aryl methyl sites for hydroxylation is 1. The van der Waals surface area contributed by atoms with Crippen molar-refractivity contribution in [2.45, 2.75) is 27.2 Å². The van der Waals surface area contributed by atoms with Crippen LogP contribution in [-0.2, 0) is 20.7 Å². The molecule has 0 radical (unpaired) electrons. The summed E-state index contributed by atoms with van der Waals surface area (Å²) in [6, 6.07) is 11.1. The maximum Gasteiger partial charge on any atom is 0.311 e. The molecule has 0 aliphatic carbocycles. The highest BCUT2D eigenvalue weighted by molar-refractivity contribution is 9.10. The summed E-state index contributed by atoms with van der Waals surface area (Å²) < 4.78 is 17.1. The normalized spacial score (nSPS) is 10.8. The Morgan fingerprint density at radius 3 is 2.72 bits per heavy atom. The van der Waals surface area contributed by atoms with Gasteiger partial charge in [-0.05, 0) is 66.0 Å². The fraction of sp³-hybridized carbons (Fsp3) is 0.280. The first-order valence-corrected chi connectivity index (χ1v) is 12.9. The van der Waals surface area contributed by atoms with E-state index in [0.717, 1.165) is 16.8 Å². The Hall–Kier alpha value is -3.44. The van der Waals surface area contributed by atoms with Crippen molar-refractivity contribution in [2.24, 2.45) is 5.10 Å². The highest BCUT2D eigenvalue weighted by Gasteiger charge is 2.14. The summed E-state index contributed by atoms with van der Waals surface area (Å²) in [6.45, 7) is 6.12. The zero-order valence-electron chi connectivity index (χ0n) is 20.2. The quantitative estimate of drug-likeness (QED) is 0.174. The fourth-order valence-electron chi connectivity index (χ4n) is 3.06. The fourth-order valence-corrected chi connectivity index (χ4v) is 4.30. The Morgan fingerprint density at radius 1 is 1.17 bits per heavy atom. The molecule has 1 aromatic heterocycles. The van der Waals surface area contributed by atoms with Crippen LogP contribution in [0.3, 0.4) is 0 Å². The number of rotatable bonds is 12. The van der Waals surface area contributed by atoms with Crippen LogP contribution in [-0.4, -0.2) is 42.9 Å². The summed E-state index contributed by atoms with van der Waals surface area (Å²) in [5, 5.41) is 9.39. The number of carbonyl (C=O) groups excluding carboxylic acids is 2. The van der Waals surface area contributed by atoms with E-state index in [4.69, 9.17) is 14.2 Å². The molecule has 0 unspecified atom stereocenters. The van der Waals surface area contributed by atoms with Crippen molar-refractivity contribution in [2.75, 3.05) is 30.6 Å². The van der Waals surface area contributed by atoms with Gasteiger partial charge in [-0.2, -0.15) is 5.10 Å². The third-order valence-corrected chi connectivity index (χ3v) is 6.04. The standard InChI is InChI=1S/C25H27BrN4O5S/c1-4-33-21-11-17(13-27-30-25-28-18(15-36-25)12-23(32)34-5-2)10-19(26)24(21)35-14-22(31)29-20-9-7-6-8-16(20)3/h6-11,13,15H,4-5,12,14H2,1-3H3,(H,28,30)(H,29,31). The van der Waals surface area contributed by atoms with E-state index in [9.17, 15) is 9.59 Å². The van der Waals surface area contributed by atoms with Crippen molar-refractivity contribution < 1.29 is 23.8 Å². The van der Waals surface area contributed by atoms with Gasteiger partial charge in [0.2, 0.25) is 5.13 Å². The molecule has 0 fully saturated rings. The van der Waals surface area contributed by atoms with Crippen LogP contribution in [0.1, 0.15) is 30.7 Å². The number of hydrogen-bond donors (Lipinski definition) is 2. The largest absolute Gasteiger partial charge is 0.490 e. The molecule has 1 heterocycles. The van der Waals surface area contributed by atoms with Crippen molar-refractivity contribution in [3.05, 3.63) is 63.1 Å². The van der Waals surface area contributed by atoms with E-state index in [1.807, 2.05) is 38.1 Å². The predicted molar refractivity (Wildman–Crippen MR) is 144 cm³/mol. The topological polar surface area (TPSA) is 111 Å². The molecule has 3 rings (SSSR count). The Bertz CT molecular complexity index is 1230. The molecule has 0 aliphatic heterocycles. The average Bonchev–Trinajstić information content (AvgIpc) is 3.27. The minimum Gasteiger partial charge on any atom is -0.490 e. The van der Waals surface area contributed by atoms with Gasteiger partial charge in [0, 0.05) is 11.1 Å². The summed E-state index contributed by atoms with van der Waals surface area (Å²) in [5.74, 6) is 0.300. The number of para-hydroxylation sites is 1. The maximum atomic E-state index is 12.4. The molecule has 2 N–H and O–H groups in total. The van der Waals surface area contributed by atoms with Gasteiger partial charge in [0.1, 0.15) is 0 Å². The molecule has 3 aromatic rings. The summed E-state index contributed by atoms with van der Waals surface area (Å²) >= 11 is 4.84. The van der Waals surface area contributed by atoms with E-state index in [2.05, 4.69) is 36.8 Å². The van der Waals surface area contributed by atoms with Gasteiger partial charge in [-0.1, -0.05) is 18.2 Å². The zero-order valence-corrected chi connectivity index (χ0v) is 22.6. The van der Waals surface area contributed by atoms with E-state index in [0.29, 0.717) is 40.0 Å². The van der Waals surface area contributed by atoms with Crippen LogP contribution in [0.15, 0.2) is 51.4 Å². The molecule has 0 saturated heterocycles. The second kappa shape index (κ2) is 13.6. The number of nitrogens with zero attached hydrogens (tertiary/aromatic N) is 2. The number of hydrazone groups is 1. The van der Waals surface area contributed by atoms with Gasteiger partial charge in [-0.3, -0.25) is 15.0 Å². The highest BCUT2D eigenvalue weighted by atomic mass is 79.9. The van der Waals surface area contributed by atoms with Gasteiger partial charge in [-0.25, -0.2) is 4.98 Å². The molecule has 0 saturated carbocycles. The minimum atomic E-state index is -0.318. The molecule has 0 atom stereocenters. The van der Waals surface area contributed by atoms with E-state index >= 15 is 0 Å². The third kappa shape index (κ3) is 8.06. The Kier molecular flexibility index (Phi) is 10.3. The number of benzene rings is 2. The van der Waals surface area contributed by atoms with E-state index < -0.39 is 0 Å². The first kappa shape index (κ1) is 27.2. The Balaban J connectivity index is 1.62. The summed E-state index contributed by atoms with van der Waals surface area (Å²) in [4.78, 5) is 28.3. The Morgan fingerprint density at radius 2 is 1.97 bits per heavy atom. The van der Waals surface area contributed by atoms with E-state index in [1.165, 1.54) is 11.3 Å². The van der Waals surface area contributed by atoms with Gasteiger partial charge in [0.15, 0.2) is 18.1 Å². The van der Waals surface area contributed by atoms with Crippen molar-refractivity contribution in [1.82, 2.24) is 4.98 Å². The molecular formula is C25H27BrN4O5S. The third-order valence-electron chi connectivity index (χ3n) is 4.65. The molecule has 1 amide bonds. The number of halogens is 1. The van der Waals surface area contributed by atoms with Gasteiger partial charge >= 0.3 is 5.97 Å². The molecule has 0 aliphatic rings. The summed E-state index contributed by atoms with van der Waals surface area (Å²) in [7, 11) is 0. The lowest BCUT2D eigenvalue weighted by molar-refractivity contribution is -0.142. The lowest BCUT2D eigenvalue weighted by Crippen LogP contribution is -2.21. The molecule has 0 bridgehead atoms. The number of hydrogen-bond acceptors (Lipinski definition) is 9. The molecule has 190 valence electrons. The number of carbonyl (C=O) groups is 2. The first-order valence-electron chi connectivity index (χ1n) is 11.2. The van der Waals surface area contributed by atoms with Crippen molar-refractivity contribution in [1.29, 1.82) is 0 Å². The summed E-state index contributed by atoms with van der Waals surface area (Å²) in [5.41, 5.74) is 5.91. The van der Waals surface area contributed by atoms with Crippen LogP contribution in [0.2, 0.25) is 0 Å². The van der Waals surface area contributed by atoms with E-state index in [1.54, 1.807) is 30.7 Å². The van der Waals surface area contributed by atoms with Crippen molar-refractivity contribution in [3.8, 4) is 11.5 Å². The van der Waals surface area contributed by atoms with Crippen LogP contribution in [0.5, 0.6) is 11.5 Å². The van der Waals surface area contributed by atoms with Gasteiger partial charge in [0.05, 0.1) is 36.0 Å².